The smallest absolute Gasteiger partial charge is 0.194 e. The molecule has 0 unspecified atom stereocenters. The van der Waals surface area contributed by atoms with E-state index in [1.807, 2.05) is 0 Å². The van der Waals surface area contributed by atoms with Gasteiger partial charge in [-0.25, -0.2) is 13.2 Å². The first kappa shape index (κ1) is 17.6. The Kier molecular flexibility index (Phi) is 5.68. The summed E-state index contributed by atoms with van der Waals surface area (Å²) in [5, 5.41) is 0. The number of hydrogen-bond donors (Lipinski definition) is 0. The molecule has 24 heavy (non-hydrogen) atoms. The standard InChI is InChI=1S/C21H27F3/c1-14-2-4-15(5-3-14)6-7-16-8-10-17(11-9-16)18-12-19(22)21(24)20(23)13-18/h6-7,12-17H,2-5,8-11H2,1H3/t14-,15-,16-,17-. The van der Waals surface area contributed by atoms with Gasteiger partial charge in [0.1, 0.15) is 0 Å². The molecular weight excluding hydrogens is 309 g/mol. The summed E-state index contributed by atoms with van der Waals surface area (Å²) >= 11 is 0. The van der Waals surface area contributed by atoms with Crippen LogP contribution < -0.4 is 0 Å². The summed E-state index contributed by atoms with van der Waals surface area (Å²) in [5.74, 6) is -1.17. The van der Waals surface area contributed by atoms with Crippen LogP contribution in [0.1, 0.15) is 69.8 Å². The quantitative estimate of drug-likeness (QED) is 0.422. The van der Waals surface area contributed by atoms with Crippen LogP contribution in [0.2, 0.25) is 0 Å². The number of rotatable bonds is 3. The van der Waals surface area contributed by atoms with Crippen LogP contribution in [0.25, 0.3) is 0 Å². The molecule has 132 valence electrons. The second kappa shape index (κ2) is 7.76. The van der Waals surface area contributed by atoms with Crippen molar-refractivity contribution in [3.05, 3.63) is 47.3 Å². The predicted molar refractivity (Wildman–Crippen MR) is 91.3 cm³/mol. The first-order valence-electron chi connectivity index (χ1n) is 9.35. The van der Waals surface area contributed by atoms with Gasteiger partial charge in [-0.3, -0.25) is 0 Å². The van der Waals surface area contributed by atoms with Gasteiger partial charge >= 0.3 is 0 Å². The van der Waals surface area contributed by atoms with Crippen molar-refractivity contribution in [1.82, 2.24) is 0 Å². The molecule has 0 saturated heterocycles. The van der Waals surface area contributed by atoms with E-state index in [0.29, 0.717) is 11.5 Å². The lowest BCUT2D eigenvalue weighted by molar-refractivity contribution is 0.326. The van der Waals surface area contributed by atoms with E-state index in [4.69, 9.17) is 0 Å². The first-order chi connectivity index (χ1) is 11.5. The van der Waals surface area contributed by atoms with Crippen LogP contribution in [0.3, 0.4) is 0 Å². The molecule has 2 saturated carbocycles. The fourth-order valence-corrected chi connectivity index (χ4v) is 4.25. The van der Waals surface area contributed by atoms with Gasteiger partial charge in [0.25, 0.3) is 0 Å². The van der Waals surface area contributed by atoms with E-state index in [9.17, 15) is 13.2 Å². The minimum absolute atomic E-state index is 0.148. The van der Waals surface area contributed by atoms with E-state index >= 15 is 0 Å². The maximum Gasteiger partial charge on any atom is 0.194 e. The van der Waals surface area contributed by atoms with Gasteiger partial charge in [-0.15, -0.1) is 0 Å². The van der Waals surface area contributed by atoms with Crippen molar-refractivity contribution in [1.29, 1.82) is 0 Å². The highest BCUT2D eigenvalue weighted by Crippen LogP contribution is 2.38. The van der Waals surface area contributed by atoms with E-state index in [2.05, 4.69) is 19.1 Å². The third-order valence-electron chi connectivity index (χ3n) is 5.97. The van der Waals surface area contributed by atoms with Gasteiger partial charge in [-0.2, -0.15) is 0 Å². The topological polar surface area (TPSA) is 0 Å². The van der Waals surface area contributed by atoms with Crippen molar-refractivity contribution in [2.75, 3.05) is 0 Å². The van der Waals surface area contributed by atoms with Gasteiger partial charge in [0.15, 0.2) is 17.5 Å². The minimum Gasteiger partial charge on any atom is -0.204 e. The molecule has 1 aromatic carbocycles. The normalized spacial score (nSPS) is 31.5. The number of hydrogen-bond acceptors (Lipinski definition) is 0. The van der Waals surface area contributed by atoms with E-state index in [0.717, 1.165) is 37.5 Å². The summed E-state index contributed by atoms with van der Waals surface area (Å²) in [5.41, 5.74) is 0.607. The lowest BCUT2D eigenvalue weighted by Gasteiger charge is -2.28. The Hall–Kier alpha value is -1.25. The fourth-order valence-electron chi connectivity index (χ4n) is 4.25. The van der Waals surface area contributed by atoms with Gasteiger partial charge in [0.2, 0.25) is 0 Å². The molecule has 2 fully saturated rings. The van der Waals surface area contributed by atoms with Crippen LogP contribution in [-0.4, -0.2) is 0 Å². The Morgan fingerprint density at radius 2 is 1.21 bits per heavy atom. The van der Waals surface area contributed by atoms with Gasteiger partial charge in [-0.05, 0) is 79.9 Å². The SMILES string of the molecule is C[C@H]1CC[C@H](C=C[C@H]2CC[C@H](c3cc(F)c(F)c(F)c3)CC2)CC1. The molecule has 0 amide bonds. The molecule has 0 aromatic heterocycles. The molecule has 0 aliphatic heterocycles. The predicted octanol–water partition coefficient (Wildman–Crippen LogP) is 6.76. The maximum atomic E-state index is 13.4. The zero-order valence-electron chi connectivity index (χ0n) is 14.4. The van der Waals surface area contributed by atoms with Gasteiger partial charge in [0.05, 0.1) is 0 Å². The molecule has 0 N–H and O–H groups in total. The van der Waals surface area contributed by atoms with Gasteiger partial charge in [0, 0.05) is 0 Å². The molecule has 0 atom stereocenters. The Balaban J connectivity index is 1.52. The number of allylic oxidation sites excluding steroid dienone is 2. The van der Waals surface area contributed by atoms with Crippen LogP contribution in [0.4, 0.5) is 13.2 Å². The number of halogens is 3. The van der Waals surface area contributed by atoms with Crippen LogP contribution in [0, 0.1) is 35.2 Å². The van der Waals surface area contributed by atoms with E-state index in [1.165, 1.54) is 37.8 Å². The summed E-state index contributed by atoms with van der Waals surface area (Å²) < 4.78 is 39.9. The van der Waals surface area contributed by atoms with E-state index < -0.39 is 17.5 Å². The highest BCUT2D eigenvalue weighted by Gasteiger charge is 2.24. The van der Waals surface area contributed by atoms with E-state index in [1.54, 1.807) is 0 Å². The Morgan fingerprint density at radius 1 is 0.750 bits per heavy atom. The molecular formula is C21H27F3. The third kappa shape index (κ3) is 4.23. The zero-order chi connectivity index (χ0) is 17.1. The third-order valence-corrected chi connectivity index (χ3v) is 5.97. The maximum absolute atomic E-state index is 13.4. The Bertz CT molecular complexity index is 554. The molecule has 0 radical (unpaired) electrons. The molecule has 0 nitrogen and oxygen atoms in total. The van der Waals surface area contributed by atoms with Crippen molar-refractivity contribution in [2.24, 2.45) is 17.8 Å². The molecule has 3 heteroatoms. The lowest BCUT2D eigenvalue weighted by Crippen LogP contribution is -2.14. The second-order valence-electron chi connectivity index (χ2n) is 7.82. The average molecular weight is 336 g/mol. The van der Waals surface area contributed by atoms with Crippen molar-refractivity contribution in [2.45, 2.75) is 64.2 Å². The fraction of sp³-hybridized carbons (Fsp3) is 0.619. The molecule has 2 aliphatic rings. The zero-order valence-corrected chi connectivity index (χ0v) is 14.4. The highest BCUT2D eigenvalue weighted by atomic mass is 19.2. The summed E-state index contributed by atoms with van der Waals surface area (Å²) in [7, 11) is 0. The Morgan fingerprint density at radius 3 is 1.71 bits per heavy atom. The summed E-state index contributed by atoms with van der Waals surface area (Å²) in [6, 6.07) is 2.34. The Labute approximate surface area is 143 Å². The molecule has 2 aliphatic carbocycles. The van der Waals surface area contributed by atoms with Gasteiger partial charge in [-0.1, -0.05) is 31.9 Å². The molecule has 0 spiro atoms. The van der Waals surface area contributed by atoms with Crippen LogP contribution >= 0.6 is 0 Å². The van der Waals surface area contributed by atoms with Gasteiger partial charge < -0.3 is 0 Å². The highest BCUT2D eigenvalue weighted by molar-refractivity contribution is 5.23. The first-order valence-corrected chi connectivity index (χ1v) is 9.35. The average Bonchev–Trinajstić information content (AvgIpc) is 2.59. The van der Waals surface area contributed by atoms with Crippen LogP contribution in [-0.2, 0) is 0 Å². The van der Waals surface area contributed by atoms with Crippen molar-refractivity contribution < 1.29 is 13.2 Å². The molecule has 0 heterocycles. The van der Waals surface area contributed by atoms with Crippen LogP contribution in [0.5, 0.6) is 0 Å². The molecule has 3 rings (SSSR count). The number of benzene rings is 1. The lowest BCUT2D eigenvalue weighted by atomic mass is 9.77. The molecule has 0 bridgehead atoms. The van der Waals surface area contributed by atoms with Crippen LogP contribution in [0.15, 0.2) is 24.3 Å². The summed E-state index contributed by atoms with van der Waals surface area (Å²) in [6.07, 6.45) is 14.0. The largest absolute Gasteiger partial charge is 0.204 e. The van der Waals surface area contributed by atoms with Crippen molar-refractivity contribution in [3.63, 3.8) is 0 Å². The summed E-state index contributed by atoms with van der Waals surface area (Å²) in [4.78, 5) is 0. The van der Waals surface area contributed by atoms with E-state index in [-0.39, 0.29) is 5.92 Å². The monoisotopic (exact) mass is 336 g/mol. The van der Waals surface area contributed by atoms with Crippen molar-refractivity contribution >= 4 is 0 Å². The van der Waals surface area contributed by atoms with Crippen molar-refractivity contribution in [3.8, 4) is 0 Å². The second-order valence-corrected chi connectivity index (χ2v) is 7.82. The molecule has 1 aromatic rings. The summed E-state index contributed by atoms with van der Waals surface area (Å²) in [6.45, 7) is 2.34. The minimum atomic E-state index is -1.36.